The van der Waals surface area contributed by atoms with Gasteiger partial charge >= 0.3 is 6.01 Å². The number of nitrogen functional groups attached to an aromatic ring is 1. The molecule has 0 saturated heterocycles. The van der Waals surface area contributed by atoms with Crippen LogP contribution >= 0.6 is 0 Å². The van der Waals surface area contributed by atoms with Crippen molar-refractivity contribution in [1.29, 1.82) is 0 Å². The number of nitrogens with two attached hydrogens (primary N) is 1. The fraction of sp³-hybridized carbons (Fsp3) is 0.727. The van der Waals surface area contributed by atoms with Crippen LogP contribution < -0.4 is 20.9 Å². The van der Waals surface area contributed by atoms with Crippen LogP contribution in [0.25, 0.3) is 0 Å². The summed E-state index contributed by atoms with van der Waals surface area (Å²) in [5, 5.41) is 9.11. The molecule has 1 rings (SSSR count). The zero-order valence-corrected chi connectivity index (χ0v) is 11.9. The van der Waals surface area contributed by atoms with Crippen molar-refractivity contribution in [3.63, 3.8) is 0 Å². The highest BCUT2D eigenvalue weighted by atomic mass is 16.5. The lowest BCUT2D eigenvalue weighted by atomic mass is 10.5. The number of hydrogen-bond acceptors (Lipinski definition) is 9. The molecule has 0 saturated carbocycles. The number of anilines is 2. The Labute approximate surface area is 118 Å². The molecule has 0 fully saturated rings. The van der Waals surface area contributed by atoms with E-state index in [1.165, 1.54) is 0 Å². The maximum Gasteiger partial charge on any atom is 0.323 e. The van der Waals surface area contributed by atoms with Gasteiger partial charge in [0.2, 0.25) is 11.9 Å². The Balaban J connectivity index is 2.92. The maximum absolute atomic E-state index is 9.11. The van der Waals surface area contributed by atoms with E-state index in [1.807, 2.05) is 6.92 Å². The van der Waals surface area contributed by atoms with E-state index in [2.05, 4.69) is 20.4 Å². The second kappa shape index (κ2) is 9.23. The maximum atomic E-state index is 9.11. The largest absolute Gasteiger partial charge is 0.463 e. The zero-order chi connectivity index (χ0) is 14.8. The van der Waals surface area contributed by atoms with Crippen LogP contribution in [0.5, 0.6) is 6.01 Å². The van der Waals surface area contributed by atoms with Crippen LogP contribution in [0.1, 0.15) is 13.3 Å². The van der Waals surface area contributed by atoms with Gasteiger partial charge in [-0.15, -0.1) is 0 Å². The Bertz CT molecular complexity index is 392. The van der Waals surface area contributed by atoms with E-state index in [0.717, 1.165) is 6.42 Å². The number of nitrogens with zero attached hydrogens (tertiary/aromatic N) is 4. The number of hydrazine groups is 1. The molecule has 1 heterocycles. The van der Waals surface area contributed by atoms with Crippen molar-refractivity contribution >= 4 is 11.9 Å². The summed E-state index contributed by atoms with van der Waals surface area (Å²) in [6.07, 6.45) is 0.844. The van der Waals surface area contributed by atoms with Gasteiger partial charge in [-0.2, -0.15) is 15.0 Å². The first-order valence-corrected chi connectivity index (χ1v) is 6.45. The second-order valence-corrected chi connectivity index (χ2v) is 3.94. The van der Waals surface area contributed by atoms with Crippen LogP contribution in [0.4, 0.5) is 11.9 Å². The van der Waals surface area contributed by atoms with Crippen molar-refractivity contribution in [3.8, 4) is 6.01 Å². The molecule has 20 heavy (non-hydrogen) atoms. The Morgan fingerprint density at radius 2 is 2.05 bits per heavy atom. The Morgan fingerprint density at radius 1 is 1.25 bits per heavy atom. The van der Waals surface area contributed by atoms with E-state index >= 15 is 0 Å². The minimum absolute atomic E-state index is 0.0219. The average Bonchev–Trinajstić information content (AvgIpc) is 2.49. The molecular weight excluding hydrogens is 264 g/mol. The lowest BCUT2D eigenvalue weighted by molar-refractivity contribution is 0.202. The number of hydrogen-bond donors (Lipinski definition) is 3. The molecule has 9 heteroatoms. The summed E-state index contributed by atoms with van der Waals surface area (Å²) >= 11 is 0. The normalized spacial score (nSPS) is 10.4. The summed E-state index contributed by atoms with van der Waals surface area (Å²) in [4.78, 5) is 14.1. The van der Waals surface area contributed by atoms with Crippen molar-refractivity contribution in [3.05, 3.63) is 0 Å². The van der Waals surface area contributed by atoms with Gasteiger partial charge in [0.15, 0.2) is 0 Å². The molecule has 1 aromatic rings. The van der Waals surface area contributed by atoms with Crippen molar-refractivity contribution in [2.45, 2.75) is 13.3 Å². The van der Waals surface area contributed by atoms with Gasteiger partial charge in [-0.05, 0) is 6.42 Å². The minimum Gasteiger partial charge on any atom is -0.463 e. The summed E-state index contributed by atoms with van der Waals surface area (Å²) < 4.78 is 10.4. The number of rotatable bonds is 10. The second-order valence-electron chi connectivity index (χ2n) is 3.94. The van der Waals surface area contributed by atoms with Gasteiger partial charge < -0.3 is 19.5 Å². The molecule has 0 aliphatic carbocycles. The fourth-order valence-electron chi connectivity index (χ4n) is 1.44. The number of methoxy groups -OCH3 is 1. The highest BCUT2D eigenvalue weighted by Crippen LogP contribution is 2.14. The quantitative estimate of drug-likeness (QED) is 0.382. The predicted molar refractivity (Wildman–Crippen MR) is 74.6 cm³/mol. The first kappa shape index (κ1) is 16.3. The Morgan fingerprint density at radius 3 is 2.65 bits per heavy atom. The SMILES string of the molecule is CCCOc1nc(NN)nc(N(CCO)CCOC)n1. The molecule has 0 unspecified atom stereocenters. The number of ether oxygens (including phenoxy) is 2. The highest BCUT2D eigenvalue weighted by Gasteiger charge is 2.13. The molecule has 114 valence electrons. The average molecular weight is 286 g/mol. The third kappa shape index (κ3) is 5.11. The van der Waals surface area contributed by atoms with Gasteiger partial charge in [-0.3, -0.25) is 5.43 Å². The van der Waals surface area contributed by atoms with E-state index in [0.29, 0.717) is 32.3 Å². The minimum atomic E-state index is -0.0219. The summed E-state index contributed by atoms with van der Waals surface area (Å²) in [6, 6.07) is 0.199. The van der Waals surface area contributed by atoms with Crippen LogP contribution in [0.3, 0.4) is 0 Å². The molecule has 0 aromatic carbocycles. The van der Waals surface area contributed by atoms with Crippen molar-refractivity contribution in [1.82, 2.24) is 15.0 Å². The first-order valence-electron chi connectivity index (χ1n) is 6.45. The number of nitrogens with one attached hydrogen (secondary N) is 1. The summed E-state index contributed by atoms with van der Waals surface area (Å²) in [6.45, 7) is 3.88. The molecule has 0 atom stereocenters. The molecule has 0 aliphatic heterocycles. The standard InChI is InChI=1S/C11H22N6O3/c1-3-7-20-11-14-9(16-12)13-10(15-11)17(4-6-18)5-8-19-2/h18H,3-8,12H2,1-2H3,(H,13,14,15,16). The molecule has 0 aliphatic rings. The van der Waals surface area contributed by atoms with Gasteiger partial charge in [-0.1, -0.05) is 6.92 Å². The third-order valence-corrected chi connectivity index (χ3v) is 2.39. The molecule has 1 aromatic heterocycles. The van der Waals surface area contributed by atoms with E-state index in [-0.39, 0.29) is 18.6 Å². The van der Waals surface area contributed by atoms with Gasteiger partial charge in [0.1, 0.15) is 0 Å². The first-order chi connectivity index (χ1) is 9.74. The van der Waals surface area contributed by atoms with Gasteiger partial charge in [-0.25, -0.2) is 5.84 Å². The molecule has 4 N–H and O–H groups in total. The van der Waals surface area contributed by atoms with Crippen molar-refractivity contribution in [2.75, 3.05) is 50.3 Å². The molecule has 0 amide bonds. The summed E-state index contributed by atoms with van der Waals surface area (Å²) in [5.41, 5.74) is 2.37. The van der Waals surface area contributed by atoms with E-state index in [4.69, 9.17) is 20.4 Å². The zero-order valence-electron chi connectivity index (χ0n) is 11.9. The van der Waals surface area contributed by atoms with E-state index in [1.54, 1.807) is 12.0 Å². The molecule has 0 bridgehead atoms. The molecular formula is C11H22N6O3. The number of aliphatic hydroxyl groups excluding tert-OH is 1. The molecule has 0 spiro atoms. The number of aromatic nitrogens is 3. The van der Waals surface area contributed by atoms with Crippen LogP contribution in [-0.4, -0.2) is 60.1 Å². The molecule has 0 radical (unpaired) electrons. The Hall–Kier alpha value is -1.71. The van der Waals surface area contributed by atoms with Gasteiger partial charge in [0, 0.05) is 20.2 Å². The number of aliphatic hydroxyl groups is 1. The predicted octanol–water partition coefficient (Wildman–Crippen LogP) is -0.609. The van der Waals surface area contributed by atoms with Crippen molar-refractivity contribution < 1.29 is 14.6 Å². The fourth-order valence-corrected chi connectivity index (χ4v) is 1.44. The monoisotopic (exact) mass is 286 g/mol. The van der Waals surface area contributed by atoms with E-state index in [9.17, 15) is 0 Å². The van der Waals surface area contributed by atoms with Crippen LogP contribution in [0.15, 0.2) is 0 Å². The summed E-state index contributed by atoms with van der Waals surface area (Å²) in [7, 11) is 1.60. The smallest absolute Gasteiger partial charge is 0.323 e. The Kier molecular flexibility index (Phi) is 7.55. The van der Waals surface area contributed by atoms with Gasteiger partial charge in [0.25, 0.3) is 0 Å². The highest BCUT2D eigenvalue weighted by molar-refractivity contribution is 5.37. The van der Waals surface area contributed by atoms with Crippen LogP contribution in [0.2, 0.25) is 0 Å². The van der Waals surface area contributed by atoms with Crippen LogP contribution in [0, 0.1) is 0 Å². The summed E-state index contributed by atoms with van der Waals surface area (Å²) in [5.74, 6) is 5.93. The van der Waals surface area contributed by atoms with E-state index < -0.39 is 0 Å². The van der Waals surface area contributed by atoms with Crippen LogP contribution in [-0.2, 0) is 4.74 Å². The lowest BCUT2D eigenvalue weighted by Crippen LogP contribution is -2.32. The van der Waals surface area contributed by atoms with Crippen molar-refractivity contribution in [2.24, 2.45) is 5.84 Å². The van der Waals surface area contributed by atoms with Gasteiger partial charge in [0.05, 0.1) is 19.8 Å². The third-order valence-electron chi connectivity index (χ3n) is 2.39. The lowest BCUT2D eigenvalue weighted by Gasteiger charge is -2.21. The molecule has 9 nitrogen and oxygen atoms in total. The topological polar surface area (TPSA) is 119 Å².